The second kappa shape index (κ2) is 8.07. The highest BCUT2D eigenvalue weighted by Gasteiger charge is 2.38. The average molecular weight is 414 g/mol. The molecule has 4 rings (SSSR count). The van der Waals surface area contributed by atoms with Crippen LogP contribution >= 0.6 is 12.4 Å². The lowest BCUT2D eigenvalue weighted by Crippen LogP contribution is -2.44. The molecule has 0 aromatic heterocycles. The first-order chi connectivity index (χ1) is 12.5. The zero-order valence-electron chi connectivity index (χ0n) is 15.5. The maximum atomic E-state index is 12.8. The molecule has 0 bridgehead atoms. The van der Waals surface area contributed by atoms with Crippen molar-refractivity contribution in [2.45, 2.75) is 37.0 Å². The summed E-state index contributed by atoms with van der Waals surface area (Å²) in [5.41, 5.74) is 0.954. The molecule has 1 aromatic carbocycles. The number of halogens is 1. The normalized spacial score (nSPS) is 22.7. The van der Waals surface area contributed by atoms with E-state index in [2.05, 4.69) is 5.32 Å². The van der Waals surface area contributed by atoms with E-state index in [1.807, 2.05) is 4.90 Å². The summed E-state index contributed by atoms with van der Waals surface area (Å²) < 4.78 is 26.7. The minimum absolute atomic E-state index is 0. The van der Waals surface area contributed by atoms with Gasteiger partial charge in [0.05, 0.1) is 4.90 Å². The lowest BCUT2D eigenvalue weighted by molar-refractivity contribution is 0.0607. The molecule has 3 fully saturated rings. The van der Waals surface area contributed by atoms with Crippen LogP contribution in [0.3, 0.4) is 0 Å². The van der Waals surface area contributed by atoms with Crippen molar-refractivity contribution >= 4 is 28.3 Å². The van der Waals surface area contributed by atoms with Gasteiger partial charge in [-0.15, -0.1) is 12.4 Å². The van der Waals surface area contributed by atoms with Gasteiger partial charge in [-0.1, -0.05) is 0 Å². The number of hydrogen-bond acceptors (Lipinski definition) is 4. The highest BCUT2D eigenvalue weighted by atomic mass is 35.5. The largest absolute Gasteiger partial charge is 0.339 e. The monoisotopic (exact) mass is 413 g/mol. The Morgan fingerprint density at radius 3 is 2.15 bits per heavy atom. The Kier molecular flexibility index (Phi) is 6.15. The van der Waals surface area contributed by atoms with Crippen LogP contribution in [0.1, 0.15) is 42.5 Å². The molecule has 8 heteroatoms. The fourth-order valence-corrected chi connectivity index (χ4v) is 5.95. The van der Waals surface area contributed by atoms with Crippen molar-refractivity contribution in [3.8, 4) is 0 Å². The van der Waals surface area contributed by atoms with E-state index in [-0.39, 0.29) is 23.2 Å². The molecule has 0 aliphatic carbocycles. The quantitative estimate of drug-likeness (QED) is 0.823. The van der Waals surface area contributed by atoms with Gasteiger partial charge in [-0.3, -0.25) is 4.79 Å². The number of carbonyl (C=O) groups is 1. The van der Waals surface area contributed by atoms with Gasteiger partial charge in [0, 0.05) is 38.3 Å². The van der Waals surface area contributed by atoms with Crippen molar-refractivity contribution in [1.82, 2.24) is 14.5 Å². The number of rotatable bonds is 3. The summed E-state index contributed by atoms with van der Waals surface area (Å²) in [5, 5.41) is 3.44. The Balaban J connectivity index is 0.00000210. The molecule has 150 valence electrons. The Labute approximate surface area is 167 Å². The van der Waals surface area contributed by atoms with E-state index in [1.165, 1.54) is 10.7 Å². The molecule has 1 N–H and O–H groups in total. The Bertz CT molecular complexity index is 760. The first kappa shape index (κ1) is 20.6. The van der Waals surface area contributed by atoms with Crippen LogP contribution in [0.25, 0.3) is 0 Å². The van der Waals surface area contributed by atoms with Gasteiger partial charge in [0.25, 0.3) is 5.91 Å². The summed E-state index contributed by atoms with van der Waals surface area (Å²) in [6.45, 7) is 4.91. The van der Waals surface area contributed by atoms with Crippen molar-refractivity contribution in [1.29, 1.82) is 0 Å². The number of amides is 1. The predicted molar refractivity (Wildman–Crippen MR) is 107 cm³/mol. The van der Waals surface area contributed by atoms with Gasteiger partial charge in [0.2, 0.25) is 10.0 Å². The van der Waals surface area contributed by atoms with Crippen LogP contribution in [-0.4, -0.2) is 62.8 Å². The lowest BCUT2D eigenvalue weighted by atomic mass is 9.78. The standard InChI is InChI=1S/C19H27N3O3S.ClH/c23-18(21-13-8-19(9-14-21)7-10-20-15-19)16-3-5-17(6-4-16)26(24,25)22-11-1-2-12-22;/h3-6,20H,1-2,7-15H2;1H. The molecule has 1 amide bonds. The van der Waals surface area contributed by atoms with Crippen LogP contribution < -0.4 is 5.32 Å². The highest BCUT2D eigenvalue weighted by molar-refractivity contribution is 7.89. The number of sulfonamides is 1. The number of benzene rings is 1. The number of likely N-dealkylation sites (tertiary alicyclic amines) is 1. The molecule has 0 unspecified atom stereocenters. The minimum Gasteiger partial charge on any atom is -0.339 e. The van der Waals surface area contributed by atoms with E-state index in [4.69, 9.17) is 0 Å². The van der Waals surface area contributed by atoms with Gasteiger partial charge >= 0.3 is 0 Å². The Morgan fingerprint density at radius 1 is 0.963 bits per heavy atom. The van der Waals surface area contributed by atoms with Gasteiger partial charge in [-0.05, 0) is 68.3 Å². The first-order valence-electron chi connectivity index (χ1n) is 9.61. The summed E-state index contributed by atoms with van der Waals surface area (Å²) in [6, 6.07) is 6.47. The third kappa shape index (κ3) is 4.01. The van der Waals surface area contributed by atoms with Gasteiger partial charge in [-0.2, -0.15) is 4.31 Å². The second-order valence-electron chi connectivity index (χ2n) is 7.85. The molecule has 1 aromatic rings. The second-order valence-corrected chi connectivity index (χ2v) is 9.79. The van der Waals surface area contributed by atoms with Gasteiger partial charge in [0.15, 0.2) is 0 Å². The van der Waals surface area contributed by atoms with Gasteiger partial charge in [0.1, 0.15) is 0 Å². The van der Waals surface area contributed by atoms with E-state index in [1.54, 1.807) is 24.3 Å². The zero-order chi connectivity index (χ0) is 18.2. The SMILES string of the molecule is Cl.O=C(c1ccc(S(=O)(=O)N2CCCC2)cc1)N1CCC2(CCNC2)CC1. The Morgan fingerprint density at radius 2 is 1.59 bits per heavy atom. The zero-order valence-corrected chi connectivity index (χ0v) is 17.2. The molecule has 0 saturated carbocycles. The molecule has 6 nitrogen and oxygen atoms in total. The van der Waals surface area contributed by atoms with Crippen molar-refractivity contribution in [3.63, 3.8) is 0 Å². The van der Waals surface area contributed by atoms with Crippen LogP contribution in [0.4, 0.5) is 0 Å². The van der Waals surface area contributed by atoms with Crippen LogP contribution in [0, 0.1) is 5.41 Å². The van der Waals surface area contributed by atoms with E-state index >= 15 is 0 Å². The number of piperidine rings is 1. The number of nitrogens with zero attached hydrogens (tertiary/aromatic N) is 2. The fourth-order valence-electron chi connectivity index (χ4n) is 4.44. The molecule has 3 aliphatic rings. The molecule has 27 heavy (non-hydrogen) atoms. The van der Waals surface area contributed by atoms with Crippen LogP contribution in [0.5, 0.6) is 0 Å². The number of hydrogen-bond donors (Lipinski definition) is 1. The maximum Gasteiger partial charge on any atom is 0.253 e. The van der Waals surface area contributed by atoms with Crippen molar-refractivity contribution in [2.75, 3.05) is 39.3 Å². The maximum absolute atomic E-state index is 12.8. The van der Waals surface area contributed by atoms with E-state index in [0.29, 0.717) is 24.1 Å². The topological polar surface area (TPSA) is 69.7 Å². The molecule has 3 aliphatic heterocycles. The van der Waals surface area contributed by atoms with Crippen LogP contribution in [0.2, 0.25) is 0 Å². The molecule has 1 spiro atoms. The molecular formula is C19H28ClN3O3S. The van der Waals surface area contributed by atoms with Crippen molar-refractivity contribution < 1.29 is 13.2 Å². The first-order valence-corrected chi connectivity index (χ1v) is 11.0. The minimum atomic E-state index is -3.42. The van der Waals surface area contributed by atoms with E-state index in [9.17, 15) is 13.2 Å². The van der Waals surface area contributed by atoms with Crippen molar-refractivity contribution in [3.05, 3.63) is 29.8 Å². The fraction of sp³-hybridized carbons (Fsp3) is 0.632. The summed E-state index contributed by atoms with van der Waals surface area (Å²) in [7, 11) is -3.42. The molecule has 0 atom stereocenters. The Hall–Kier alpha value is -1.15. The third-order valence-electron chi connectivity index (χ3n) is 6.25. The number of carbonyl (C=O) groups excluding carboxylic acids is 1. The summed E-state index contributed by atoms with van der Waals surface area (Å²) in [4.78, 5) is 15.0. The molecule has 3 heterocycles. The molecular weight excluding hydrogens is 386 g/mol. The average Bonchev–Trinajstić information content (AvgIpc) is 3.35. The summed E-state index contributed by atoms with van der Waals surface area (Å²) in [6.07, 6.45) is 5.14. The summed E-state index contributed by atoms with van der Waals surface area (Å²) >= 11 is 0. The van der Waals surface area contributed by atoms with E-state index in [0.717, 1.165) is 51.9 Å². The van der Waals surface area contributed by atoms with Crippen LogP contribution in [0.15, 0.2) is 29.2 Å². The predicted octanol–water partition coefficient (Wildman–Crippen LogP) is 2.11. The van der Waals surface area contributed by atoms with Gasteiger partial charge in [-0.25, -0.2) is 8.42 Å². The number of nitrogens with one attached hydrogen (secondary N) is 1. The van der Waals surface area contributed by atoms with Crippen molar-refractivity contribution in [2.24, 2.45) is 5.41 Å². The highest BCUT2D eigenvalue weighted by Crippen LogP contribution is 2.37. The smallest absolute Gasteiger partial charge is 0.253 e. The summed E-state index contributed by atoms with van der Waals surface area (Å²) in [5.74, 6) is 0.0101. The molecule has 0 radical (unpaired) electrons. The van der Waals surface area contributed by atoms with Gasteiger partial charge < -0.3 is 10.2 Å². The van der Waals surface area contributed by atoms with Crippen LogP contribution in [-0.2, 0) is 10.0 Å². The van der Waals surface area contributed by atoms with E-state index < -0.39 is 10.0 Å². The molecule has 3 saturated heterocycles. The lowest BCUT2D eigenvalue weighted by Gasteiger charge is -2.38. The third-order valence-corrected chi connectivity index (χ3v) is 8.16.